The van der Waals surface area contributed by atoms with Gasteiger partial charge < -0.3 is 14.8 Å². The molecule has 5 rings (SSSR count). The van der Waals surface area contributed by atoms with Crippen molar-refractivity contribution in [1.29, 1.82) is 0 Å². The van der Waals surface area contributed by atoms with Crippen molar-refractivity contribution in [2.45, 2.75) is 52.4 Å². The van der Waals surface area contributed by atoms with E-state index in [0.717, 1.165) is 35.4 Å². The minimum atomic E-state index is -0.523. The molecular formula is C23H31NO4. The highest BCUT2D eigenvalue weighted by molar-refractivity contribution is 5.80. The van der Waals surface area contributed by atoms with Crippen LogP contribution in [0.5, 0.6) is 5.75 Å². The molecule has 4 aliphatic carbocycles. The first-order valence-corrected chi connectivity index (χ1v) is 10.5. The van der Waals surface area contributed by atoms with Gasteiger partial charge in [-0.15, -0.1) is 0 Å². The lowest BCUT2D eigenvalue weighted by Crippen LogP contribution is -2.51. The van der Waals surface area contributed by atoms with E-state index >= 15 is 0 Å². The van der Waals surface area contributed by atoms with E-state index < -0.39 is 5.97 Å². The molecule has 0 unspecified atom stereocenters. The summed E-state index contributed by atoms with van der Waals surface area (Å²) in [4.78, 5) is 24.1. The largest absolute Gasteiger partial charge is 0.482 e. The molecule has 0 saturated heterocycles. The molecule has 1 amide bonds. The maximum atomic E-state index is 12.2. The maximum absolute atomic E-state index is 12.2. The molecule has 28 heavy (non-hydrogen) atoms. The maximum Gasteiger partial charge on any atom is 0.344 e. The summed E-state index contributed by atoms with van der Waals surface area (Å²) in [6.07, 6.45) is 7.94. The summed E-state index contributed by atoms with van der Waals surface area (Å²) in [5.74, 6) is 2.52. The van der Waals surface area contributed by atoms with E-state index in [9.17, 15) is 9.59 Å². The number of esters is 1. The highest BCUT2D eigenvalue weighted by atomic mass is 16.6. The molecule has 1 aromatic rings. The van der Waals surface area contributed by atoms with Gasteiger partial charge in [0, 0.05) is 6.54 Å². The van der Waals surface area contributed by atoms with Gasteiger partial charge in [0.05, 0.1) is 0 Å². The van der Waals surface area contributed by atoms with Crippen LogP contribution in [0.2, 0.25) is 0 Å². The summed E-state index contributed by atoms with van der Waals surface area (Å²) in [7, 11) is 0. The predicted molar refractivity (Wildman–Crippen MR) is 106 cm³/mol. The number of amides is 1. The molecule has 0 atom stereocenters. The molecule has 0 aromatic heterocycles. The van der Waals surface area contributed by atoms with E-state index in [1.807, 2.05) is 32.0 Å². The number of hydrogen-bond donors (Lipinski definition) is 1. The van der Waals surface area contributed by atoms with Crippen molar-refractivity contribution in [3.05, 3.63) is 29.3 Å². The number of nitrogens with one attached hydrogen (secondary N) is 1. The highest BCUT2D eigenvalue weighted by Gasteiger charge is 2.50. The quantitative estimate of drug-likeness (QED) is 0.729. The topological polar surface area (TPSA) is 64.6 Å². The van der Waals surface area contributed by atoms with Gasteiger partial charge in [-0.1, -0.05) is 17.7 Å². The molecule has 5 nitrogen and oxygen atoms in total. The Morgan fingerprint density at radius 2 is 1.68 bits per heavy atom. The first kappa shape index (κ1) is 19.3. The Balaban J connectivity index is 1.18. The third-order valence-corrected chi connectivity index (χ3v) is 6.87. The van der Waals surface area contributed by atoms with Crippen molar-refractivity contribution in [3.8, 4) is 5.75 Å². The first-order valence-electron chi connectivity index (χ1n) is 10.5. The summed E-state index contributed by atoms with van der Waals surface area (Å²) in [5, 5.41) is 3.03. The third-order valence-electron chi connectivity index (χ3n) is 6.87. The van der Waals surface area contributed by atoms with E-state index in [0.29, 0.717) is 11.2 Å². The van der Waals surface area contributed by atoms with Gasteiger partial charge in [0.15, 0.2) is 13.2 Å². The Hall–Kier alpha value is -2.04. The Morgan fingerprint density at radius 3 is 2.29 bits per heavy atom. The molecule has 4 aliphatic rings. The van der Waals surface area contributed by atoms with Gasteiger partial charge in [0.1, 0.15) is 5.75 Å². The predicted octanol–water partition coefficient (Wildman–Crippen LogP) is 3.56. The van der Waals surface area contributed by atoms with E-state index in [1.165, 1.54) is 38.5 Å². The number of aryl methyl sites for hydroxylation is 2. The number of carbonyl (C=O) groups excluding carboxylic acids is 2. The minimum Gasteiger partial charge on any atom is -0.482 e. The van der Waals surface area contributed by atoms with Gasteiger partial charge in [-0.3, -0.25) is 4.79 Å². The van der Waals surface area contributed by atoms with Crippen molar-refractivity contribution in [2.75, 3.05) is 19.8 Å². The lowest BCUT2D eigenvalue weighted by atomic mass is 9.49. The second-order valence-electron chi connectivity index (χ2n) is 9.41. The third kappa shape index (κ3) is 4.34. The van der Waals surface area contributed by atoms with Gasteiger partial charge in [-0.2, -0.15) is 0 Å². The van der Waals surface area contributed by atoms with Crippen LogP contribution in [0.4, 0.5) is 0 Å². The molecule has 4 saturated carbocycles. The smallest absolute Gasteiger partial charge is 0.344 e. The number of rotatable bonds is 7. The zero-order chi connectivity index (χ0) is 19.7. The fourth-order valence-corrected chi connectivity index (χ4v) is 6.13. The normalized spacial score (nSPS) is 30.1. The second-order valence-corrected chi connectivity index (χ2v) is 9.41. The number of hydrogen-bond acceptors (Lipinski definition) is 4. The number of benzene rings is 1. The SMILES string of the molecule is Cc1ccc(OCC(=O)OCC(=O)NCC23CC4CC(CC(C4)C2)C3)c(C)c1. The van der Waals surface area contributed by atoms with Gasteiger partial charge in [0.25, 0.3) is 5.91 Å². The summed E-state index contributed by atoms with van der Waals surface area (Å²) in [6, 6.07) is 5.78. The Labute approximate surface area is 167 Å². The van der Waals surface area contributed by atoms with Crippen LogP contribution in [0.1, 0.15) is 49.7 Å². The van der Waals surface area contributed by atoms with E-state index in [2.05, 4.69) is 5.32 Å². The highest BCUT2D eigenvalue weighted by Crippen LogP contribution is 2.59. The van der Waals surface area contributed by atoms with Gasteiger partial charge in [0.2, 0.25) is 0 Å². The second kappa shape index (κ2) is 7.76. The molecule has 0 heterocycles. The molecule has 0 aliphatic heterocycles. The van der Waals surface area contributed by atoms with Crippen LogP contribution in [0.3, 0.4) is 0 Å². The monoisotopic (exact) mass is 385 g/mol. The lowest BCUT2D eigenvalue weighted by molar-refractivity contribution is -0.150. The van der Waals surface area contributed by atoms with Crippen molar-refractivity contribution in [1.82, 2.24) is 5.32 Å². The Kier molecular flexibility index (Phi) is 5.35. The van der Waals surface area contributed by atoms with Crippen LogP contribution in [0.15, 0.2) is 18.2 Å². The fraction of sp³-hybridized carbons (Fsp3) is 0.652. The molecule has 1 N–H and O–H groups in total. The van der Waals surface area contributed by atoms with E-state index in [4.69, 9.17) is 9.47 Å². The van der Waals surface area contributed by atoms with Gasteiger partial charge in [-0.05, 0) is 87.2 Å². The van der Waals surface area contributed by atoms with Crippen LogP contribution >= 0.6 is 0 Å². The van der Waals surface area contributed by atoms with Crippen molar-refractivity contribution in [3.63, 3.8) is 0 Å². The molecule has 5 heteroatoms. The molecule has 0 radical (unpaired) electrons. The van der Waals surface area contributed by atoms with Crippen LogP contribution < -0.4 is 10.1 Å². The minimum absolute atomic E-state index is 0.188. The summed E-state index contributed by atoms with van der Waals surface area (Å²) < 4.78 is 10.6. The molecular weight excluding hydrogens is 354 g/mol. The fourth-order valence-electron chi connectivity index (χ4n) is 6.13. The summed E-state index contributed by atoms with van der Waals surface area (Å²) >= 11 is 0. The van der Waals surface area contributed by atoms with Crippen molar-refractivity contribution >= 4 is 11.9 Å². The van der Waals surface area contributed by atoms with Crippen LogP contribution in [-0.2, 0) is 14.3 Å². The zero-order valence-electron chi connectivity index (χ0n) is 17.0. The lowest BCUT2D eigenvalue weighted by Gasteiger charge is -2.56. The first-order chi connectivity index (χ1) is 13.4. The van der Waals surface area contributed by atoms with Crippen LogP contribution in [0, 0.1) is 37.0 Å². The van der Waals surface area contributed by atoms with E-state index in [-0.39, 0.29) is 19.1 Å². The van der Waals surface area contributed by atoms with Gasteiger partial charge >= 0.3 is 5.97 Å². The molecule has 0 spiro atoms. The Bertz CT molecular complexity index is 722. The molecule has 1 aromatic carbocycles. The summed E-state index contributed by atoms with van der Waals surface area (Å²) in [5.41, 5.74) is 2.41. The zero-order valence-corrected chi connectivity index (χ0v) is 17.0. The average molecular weight is 386 g/mol. The molecule has 152 valence electrons. The standard InChI is InChI=1S/C23H31NO4/c1-15-3-4-20(16(2)5-15)27-13-22(26)28-12-21(25)24-14-23-9-17-6-18(10-23)8-19(7-17)11-23/h3-5,17-19H,6-14H2,1-2H3,(H,24,25). The van der Waals surface area contributed by atoms with Crippen LogP contribution in [0.25, 0.3) is 0 Å². The van der Waals surface area contributed by atoms with Crippen LogP contribution in [-0.4, -0.2) is 31.6 Å². The number of ether oxygens (including phenoxy) is 2. The summed E-state index contributed by atoms with van der Waals surface area (Å²) in [6.45, 7) is 4.25. The van der Waals surface area contributed by atoms with Gasteiger partial charge in [-0.25, -0.2) is 4.79 Å². The van der Waals surface area contributed by atoms with Crippen molar-refractivity contribution < 1.29 is 19.1 Å². The molecule has 4 bridgehead atoms. The van der Waals surface area contributed by atoms with Crippen molar-refractivity contribution in [2.24, 2.45) is 23.2 Å². The number of carbonyl (C=O) groups is 2. The average Bonchev–Trinajstić information content (AvgIpc) is 2.63. The molecule has 4 fully saturated rings. The Morgan fingerprint density at radius 1 is 1.04 bits per heavy atom. The van der Waals surface area contributed by atoms with E-state index in [1.54, 1.807) is 0 Å².